The number of aliphatic carboxylic acids is 2. The molecular formula is C86H134N20O28S4. The minimum absolute atomic E-state index is 0.0123. The van der Waals surface area contributed by atoms with Gasteiger partial charge < -0.3 is 143 Å². The summed E-state index contributed by atoms with van der Waals surface area (Å²) in [4.78, 5) is 287. The Morgan fingerprint density at radius 3 is 1.08 bits per heavy atom. The molecule has 1 aliphatic rings. The van der Waals surface area contributed by atoms with E-state index >= 15 is 0 Å². The number of hydrogen-bond acceptors (Lipinski definition) is 31. The van der Waals surface area contributed by atoms with Crippen LogP contribution in [0.5, 0.6) is 11.5 Å². The maximum Gasteiger partial charge on any atom is 0.326 e. The molecule has 52 heteroatoms. The summed E-state index contributed by atoms with van der Waals surface area (Å²) in [6, 6.07) is -16.0. The molecule has 2 aromatic rings. The fourth-order valence-electron chi connectivity index (χ4n) is 13.9. The van der Waals surface area contributed by atoms with E-state index in [9.17, 15) is 136 Å². The first kappa shape index (κ1) is 120. The van der Waals surface area contributed by atoms with Gasteiger partial charge in [-0.1, -0.05) is 79.7 Å². The Balaban J connectivity index is 1.78. The second kappa shape index (κ2) is 60.1. The van der Waals surface area contributed by atoms with Crippen molar-refractivity contribution in [1.29, 1.82) is 0 Å². The molecule has 19 amide bonds. The summed E-state index contributed by atoms with van der Waals surface area (Å²) in [5.74, 6) is -26.7. The molecule has 19 atom stereocenters. The normalized spacial score (nSPS) is 16.3. The van der Waals surface area contributed by atoms with Gasteiger partial charge in [-0.2, -0.15) is 50.5 Å². The molecule has 770 valence electrons. The molecule has 2 aromatic carbocycles. The Kier molecular flexibility index (Phi) is 52.4. The third-order valence-corrected chi connectivity index (χ3v) is 22.6. The van der Waals surface area contributed by atoms with Crippen molar-refractivity contribution in [1.82, 2.24) is 90.0 Å². The Morgan fingerprint density at radius 1 is 0.384 bits per heavy atom. The molecule has 1 fully saturated rings. The van der Waals surface area contributed by atoms with Gasteiger partial charge in [0, 0.05) is 48.8 Å². The van der Waals surface area contributed by atoms with Gasteiger partial charge in [0.1, 0.15) is 108 Å². The molecule has 0 aliphatic carbocycles. The zero-order valence-corrected chi connectivity index (χ0v) is 81.8. The number of aliphatic hydroxyl groups excluding tert-OH is 3. The average Bonchev–Trinajstić information content (AvgIpc) is 1.66. The van der Waals surface area contributed by atoms with Crippen LogP contribution in [-0.4, -0.2) is 322 Å². The number of likely N-dealkylation sites (tertiary alicyclic amines) is 1. The first-order chi connectivity index (χ1) is 64.7. The number of phenols is 2. The second-order valence-electron chi connectivity index (χ2n) is 34.9. The van der Waals surface area contributed by atoms with Gasteiger partial charge in [-0.25, -0.2) is 4.79 Å². The predicted octanol–water partition coefficient (Wildman–Crippen LogP) is -7.66. The smallest absolute Gasteiger partial charge is 0.326 e. The minimum Gasteiger partial charge on any atom is -0.508 e. The van der Waals surface area contributed by atoms with Crippen LogP contribution in [0, 0.1) is 23.7 Å². The number of aromatic hydroxyl groups is 2. The zero-order valence-electron chi connectivity index (χ0n) is 78.2. The minimum atomic E-state index is -2.15. The quantitative estimate of drug-likeness (QED) is 0.0274. The van der Waals surface area contributed by atoms with Gasteiger partial charge in [0.25, 0.3) is 0 Å². The number of benzene rings is 2. The summed E-state index contributed by atoms with van der Waals surface area (Å²) in [7, 11) is 0. The fourth-order valence-corrected chi connectivity index (χ4v) is 14.9. The molecule has 0 spiro atoms. The summed E-state index contributed by atoms with van der Waals surface area (Å²) in [6.45, 7) is 13.4. The van der Waals surface area contributed by atoms with Crippen LogP contribution in [0.15, 0.2) is 48.5 Å². The maximum absolute atomic E-state index is 14.5. The molecule has 1 aliphatic heterocycles. The van der Waals surface area contributed by atoms with Crippen molar-refractivity contribution >= 4 is 175 Å². The topological polar surface area (TPSA) is 774 Å². The van der Waals surface area contributed by atoms with E-state index in [0.29, 0.717) is 17.5 Å². The fraction of sp³-hybridized carbons (Fsp3) is 0.616. The van der Waals surface area contributed by atoms with E-state index in [-0.39, 0.29) is 92.1 Å². The lowest BCUT2D eigenvalue weighted by Crippen LogP contribution is -2.62. The van der Waals surface area contributed by atoms with E-state index in [1.807, 2.05) is 0 Å². The van der Waals surface area contributed by atoms with Gasteiger partial charge >= 0.3 is 11.9 Å². The van der Waals surface area contributed by atoms with Crippen LogP contribution >= 0.6 is 50.5 Å². The molecule has 1 saturated heterocycles. The highest BCUT2D eigenvalue weighted by Gasteiger charge is 2.43. The third kappa shape index (κ3) is 42.2. The van der Waals surface area contributed by atoms with Crippen LogP contribution in [0.4, 0.5) is 0 Å². The summed E-state index contributed by atoms with van der Waals surface area (Å²) < 4.78 is 0. The van der Waals surface area contributed by atoms with E-state index in [0.717, 1.165) is 13.8 Å². The highest BCUT2D eigenvalue weighted by Crippen LogP contribution is 2.22. The number of phenolic OH excluding ortho intramolecular Hbond substituents is 2. The second-order valence-corrected chi connectivity index (χ2v) is 36.4. The van der Waals surface area contributed by atoms with Crippen molar-refractivity contribution in [2.75, 3.05) is 42.7 Å². The SMILES string of the molecule is CC(C)C[C@H](NC(=O)[C@H](CS)NC(=O)[C@H](CS)NC(=O)[C@@H](N)Cc1ccc(O)cc1)C(=O)N[C@@H](CO)C(=O)NCC(=O)N[C@@H](CS)C(=O)N[C@H](C(=O)N[C@@H](CCC(N)=O)C(=O)N[C@@H](CCC(N)=O)C(=O)N[C@@H](CC(=O)O)C(=O)N[C@@H](CC(C)C)C(=O)N[C@@H](CC(C)C)C(=O)N[C@H](C(=O)N[C@@H](CC(C)C)C(=O)N[C@@H](CS)C(=O)N1CCC[C@H]1C(=O)N[C@@H](Cc1ccc(O)cc1)C(=O)O)[C@@H](C)O)[C@@H](C)O. The summed E-state index contributed by atoms with van der Waals surface area (Å²) in [5.41, 5.74) is 18.0. The summed E-state index contributed by atoms with van der Waals surface area (Å²) in [5, 5.41) is 109. The van der Waals surface area contributed by atoms with E-state index in [2.05, 4.69) is 136 Å². The molecule has 48 nitrogen and oxygen atoms in total. The number of primary amides is 2. The van der Waals surface area contributed by atoms with Crippen LogP contribution in [0.2, 0.25) is 0 Å². The number of carbonyl (C=O) groups is 21. The monoisotopic (exact) mass is 2020 g/mol. The molecule has 0 radical (unpaired) electrons. The number of carboxylic acid groups (broad SMARTS) is 2. The molecule has 29 N–H and O–H groups in total. The average molecular weight is 2020 g/mol. The number of carbonyl (C=O) groups excluding carboxylic acids is 19. The van der Waals surface area contributed by atoms with Crippen molar-refractivity contribution < 1.29 is 136 Å². The van der Waals surface area contributed by atoms with Crippen molar-refractivity contribution in [3.05, 3.63) is 59.7 Å². The Morgan fingerprint density at radius 2 is 0.703 bits per heavy atom. The van der Waals surface area contributed by atoms with Crippen LogP contribution in [0.3, 0.4) is 0 Å². The number of nitrogens with zero attached hydrogens (tertiary/aromatic N) is 1. The van der Waals surface area contributed by atoms with Crippen LogP contribution in [0.25, 0.3) is 0 Å². The lowest BCUT2D eigenvalue weighted by Gasteiger charge is -2.31. The van der Waals surface area contributed by atoms with E-state index in [4.69, 9.17) is 17.2 Å². The number of amides is 19. The molecule has 3 rings (SSSR count). The highest BCUT2D eigenvalue weighted by atomic mass is 32.1. The van der Waals surface area contributed by atoms with Crippen LogP contribution in [0.1, 0.15) is 151 Å². The number of rotatable bonds is 61. The number of hydrogen-bond donors (Lipinski definition) is 30. The van der Waals surface area contributed by atoms with E-state index in [1.165, 1.54) is 41.3 Å². The Hall–Kier alpha value is -11.9. The molecule has 1 heterocycles. The van der Waals surface area contributed by atoms with Gasteiger partial charge in [0.15, 0.2) is 0 Å². The number of nitrogens with one attached hydrogen (secondary N) is 16. The van der Waals surface area contributed by atoms with Crippen LogP contribution in [-0.2, 0) is 114 Å². The predicted molar refractivity (Wildman–Crippen MR) is 509 cm³/mol. The summed E-state index contributed by atoms with van der Waals surface area (Å²) >= 11 is 16.7. The van der Waals surface area contributed by atoms with Gasteiger partial charge in [-0.05, 0) is 131 Å². The van der Waals surface area contributed by atoms with Gasteiger partial charge in [-0.3, -0.25) is 95.9 Å². The van der Waals surface area contributed by atoms with E-state index in [1.54, 1.807) is 67.5 Å². The number of nitrogens with two attached hydrogens (primary N) is 3. The van der Waals surface area contributed by atoms with Gasteiger partial charge in [0.2, 0.25) is 112 Å². The first-order valence-corrected chi connectivity index (χ1v) is 47.1. The Labute approximate surface area is 819 Å². The molecule has 0 saturated carbocycles. The molecule has 138 heavy (non-hydrogen) atoms. The lowest BCUT2D eigenvalue weighted by molar-refractivity contribution is -0.144. The standard InChI is InChI=1S/C86H134N20O28S4/c1-39(2)26-52(74(121)95-55(29-42(7)8)78(125)104-69(44(10)109)84(131)98-54(28-41(5)6)76(123)103-62(38-138)85(132)106-25-11-12-63(106)82(129)99-57(86(133)134)31-46-15-19-48(111)20-16-46)94-77(124)56(32-67(115)116)97-73(120)50(21-23-64(88)112)92-72(119)51(22-24-65(89)113)93-83(130)68(43(9)108)105-81(128)59(35-135)91-66(114)33-90-71(118)58(34-107)100-75(122)53(27-40(3)4)96-79(126)61(37-137)102-80(127)60(36-136)101-70(117)49(87)30-45-13-17-47(110)18-14-45/h13-20,39-44,49-63,68-69,107-111,135-138H,11-12,21-38,87H2,1-10H3,(H2,88,112)(H2,89,113)(H,90,118)(H,91,114)(H,92,119)(H,93,130)(H,94,124)(H,95,121)(H,96,126)(H,97,120)(H,98,131)(H,99,129)(H,100,122)(H,101,117)(H,102,127)(H,103,123)(H,104,125)(H,105,128)(H,115,116)(H,133,134)/t43-,44-,49+,50+,51+,52+,53+,54+,55+,56+,57+,58+,59+,60+,61+,62+,63+,68+,69+/m1/s1. The van der Waals surface area contributed by atoms with Crippen LogP contribution < -0.4 is 102 Å². The van der Waals surface area contributed by atoms with Gasteiger partial charge in [-0.15, -0.1) is 0 Å². The summed E-state index contributed by atoms with van der Waals surface area (Å²) in [6.07, 6.45) is -7.94. The third-order valence-electron chi connectivity index (χ3n) is 21.2. The first-order valence-electron chi connectivity index (χ1n) is 44.5. The Bertz CT molecular complexity index is 4540. The largest absolute Gasteiger partial charge is 0.508 e. The number of carboxylic acids is 2. The van der Waals surface area contributed by atoms with Crippen molar-refractivity contribution in [2.45, 2.75) is 268 Å². The zero-order chi connectivity index (χ0) is 104. The van der Waals surface area contributed by atoms with Crippen molar-refractivity contribution in [3.8, 4) is 11.5 Å². The molecule has 0 unspecified atom stereocenters. The molecular weight excluding hydrogens is 1890 g/mol. The van der Waals surface area contributed by atoms with Crippen molar-refractivity contribution in [3.63, 3.8) is 0 Å². The highest BCUT2D eigenvalue weighted by molar-refractivity contribution is 7.80. The lowest BCUT2D eigenvalue weighted by atomic mass is 9.99. The van der Waals surface area contributed by atoms with E-state index < -0.39 is 302 Å². The maximum atomic E-state index is 14.5. The number of thiol groups is 4. The molecule has 0 bridgehead atoms. The van der Waals surface area contributed by atoms with Crippen molar-refractivity contribution in [2.24, 2.45) is 40.9 Å². The number of aliphatic hydroxyl groups is 3. The molecule has 0 aromatic heterocycles. The van der Waals surface area contributed by atoms with Gasteiger partial charge in [0.05, 0.1) is 37.8 Å².